The van der Waals surface area contributed by atoms with E-state index in [2.05, 4.69) is 0 Å². The largest absolute Gasteiger partial charge is 0.396 e. The molecular weight excluding hydrogens is 287 g/mol. The standard InChI is InChI=1S/C16H33O4P/c1-10(2)15(11(3)4)19-21(18,14(9)17)20-16(12(5)6)13(7)8/h10-13,15-16H,1-9H3. The Balaban J connectivity index is 5.34. The number of hydrogen-bond acceptors (Lipinski definition) is 4. The number of carbonyl (C=O) groups excluding carboxylic acids is 1. The molecule has 0 heterocycles. The minimum atomic E-state index is -3.76. The highest BCUT2D eigenvalue weighted by Gasteiger charge is 2.40. The molecule has 21 heavy (non-hydrogen) atoms. The molecule has 0 rings (SSSR count). The van der Waals surface area contributed by atoms with Crippen molar-refractivity contribution in [2.24, 2.45) is 23.7 Å². The van der Waals surface area contributed by atoms with Crippen LogP contribution in [-0.4, -0.2) is 17.7 Å². The Bertz CT molecular complexity index is 332. The summed E-state index contributed by atoms with van der Waals surface area (Å²) in [6.45, 7) is 17.3. The van der Waals surface area contributed by atoms with Crippen LogP contribution in [-0.2, 0) is 18.4 Å². The van der Waals surface area contributed by atoms with Gasteiger partial charge in [0.25, 0.3) is 0 Å². The minimum absolute atomic E-state index is 0.165. The predicted molar refractivity (Wildman–Crippen MR) is 87.4 cm³/mol. The van der Waals surface area contributed by atoms with Crippen molar-refractivity contribution in [1.29, 1.82) is 0 Å². The van der Waals surface area contributed by atoms with E-state index >= 15 is 0 Å². The molecule has 126 valence electrons. The van der Waals surface area contributed by atoms with Gasteiger partial charge in [0.1, 0.15) is 0 Å². The molecule has 0 radical (unpaired) electrons. The molecule has 0 amide bonds. The molecule has 0 aliphatic rings. The molecular formula is C16H33O4P. The summed E-state index contributed by atoms with van der Waals surface area (Å²) in [7, 11) is -3.76. The zero-order valence-corrected chi connectivity index (χ0v) is 15.9. The van der Waals surface area contributed by atoms with E-state index in [1.165, 1.54) is 6.92 Å². The molecule has 4 nitrogen and oxygen atoms in total. The minimum Gasteiger partial charge on any atom is -0.299 e. The lowest BCUT2D eigenvalue weighted by Gasteiger charge is -2.33. The van der Waals surface area contributed by atoms with E-state index in [9.17, 15) is 9.36 Å². The molecule has 5 heteroatoms. The van der Waals surface area contributed by atoms with Crippen molar-refractivity contribution < 1.29 is 18.4 Å². The third-order valence-corrected chi connectivity index (χ3v) is 5.35. The van der Waals surface area contributed by atoms with Gasteiger partial charge in [0.2, 0.25) is 5.52 Å². The Hall–Kier alpha value is -0.180. The first-order valence-electron chi connectivity index (χ1n) is 7.90. The maximum Gasteiger partial charge on any atom is 0.396 e. The molecule has 0 aromatic carbocycles. The summed E-state index contributed by atoms with van der Waals surface area (Å²) in [6.07, 6.45) is -0.528. The predicted octanol–water partition coefficient (Wildman–Crippen LogP) is 5.12. The SMILES string of the molecule is CC(=O)P(=O)(OC(C(C)C)C(C)C)OC(C(C)C)C(C)C. The molecule has 0 bridgehead atoms. The molecule has 0 saturated carbocycles. The van der Waals surface area contributed by atoms with Crippen LogP contribution in [0.3, 0.4) is 0 Å². The van der Waals surface area contributed by atoms with E-state index in [1.54, 1.807) is 0 Å². The van der Waals surface area contributed by atoms with Gasteiger partial charge in [0.05, 0.1) is 12.2 Å². The van der Waals surface area contributed by atoms with Crippen molar-refractivity contribution in [2.45, 2.75) is 74.5 Å². The Morgan fingerprint density at radius 3 is 1.10 bits per heavy atom. The molecule has 0 aromatic rings. The third-order valence-electron chi connectivity index (χ3n) is 3.53. The number of rotatable bonds is 9. The Kier molecular flexibility index (Phi) is 8.38. The Labute approximate surface area is 130 Å². The molecule has 0 aliphatic heterocycles. The van der Waals surface area contributed by atoms with Crippen molar-refractivity contribution in [2.75, 3.05) is 0 Å². The van der Waals surface area contributed by atoms with E-state index in [-0.39, 0.29) is 35.9 Å². The first kappa shape index (κ1) is 20.8. The van der Waals surface area contributed by atoms with Crippen LogP contribution in [0, 0.1) is 23.7 Å². The van der Waals surface area contributed by atoms with Gasteiger partial charge in [0.15, 0.2) is 0 Å². The van der Waals surface area contributed by atoms with Crippen molar-refractivity contribution in [3.05, 3.63) is 0 Å². The molecule has 0 aromatic heterocycles. The molecule has 0 unspecified atom stereocenters. The fraction of sp³-hybridized carbons (Fsp3) is 0.938. The first-order chi connectivity index (χ1) is 9.42. The fourth-order valence-corrected chi connectivity index (χ4v) is 4.48. The van der Waals surface area contributed by atoms with Crippen LogP contribution >= 0.6 is 7.60 Å². The highest BCUT2D eigenvalue weighted by Crippen LogP contribution is 2.54. The number of hydrogen-bond donors (Lipinski definition) is 0. The monoisotopic (exact) mass is 320 g/mol. The van der Waals surface area contributed by atoms with Crippen molar-refractivity contribution >= 4 is 13.1 Å². The second kappa shape index (κ2) is 8.45. The van der Waals surface area contributed by atoms with Crippen molar-refractivity contribution in [3.63, 3.8) is 0 Å². The zero-order valence-electron chi connectivity index (χ0n) is 15.0. The average molecular weight is 320 g/mol. The quantitative estimate of drug-likeness (QED) is 0.553. The average Bonchev–Trinajstić information content (AvgIpc) is 2.31. The smallest absolute Gasteiger partial charge is 0.299 e. The summed E-state index contributed by atoms with van der Waals surface area (Å²) in [4.78, 5) is 11.9. The van der Waals surface area contributed by atoms with Gasteiger partial charge in [-0.15, -0.1) is 0 Å². The first-order valence-corrected chi connectivity index (χ1v) is 9.44. The van der Waals surface area contributed by atoms with Crippen LogP contribution in [0.25, 0.3) is 0 Å². The van der Waals surface area contributed by atoms with Gasteiger partial charge in [-0.2, -0.15) is 0 Å². The van der Waals surface area contributed by atoms with Crippen LogP contribution in [0.2, 0.25) is 0 Å². The Morgan fingerprint density at radius 2 is 0.952 bits per heavy atom. The van der Waals surface area contributed by atoms with E-state index in [1.807, 2.05) is 55.4 Å². The molecule has 0 atom stereocenters. The zero-order chi connectivity index (χ0) is 17.0. The summed E-state index contributed by atoms with van der Waals surface area (Å²) in [5.41, 5.74) is -0.514. The lowest BCUT2D eigenvalue weighted by atomic mass is 9.97. The molecule has 0 saturated heterocycles. The molecule has 0 aliphatic carbocycles. The molecule has 0 N–H and O–H groups in total. The maximum atomic E-state index is 13.0. The van der Waals surface area contributed by atoms with Crippen LogP contribution < -0.4 is 0 Å². The highest BCUT2D eigenvalue weighted by atomic mass is 31.2. The highest BCUT2D eigenvalue weighted by molar-refractivity contribution is 7.71. The van der Waals surface area contributed by atoms with Gasteiger partial charge in [-0.25, -0.2) is 0 Å². The molecule has 0 spiro atoms. The lowest BCUT2D eigenvalue weighted by Crippen LogP contribution is -2.30. The van der Waals surface area contributed by atoms with Crippen LogP contribution in [0.1, 0.15) is 62.3 Å². The van der Waals surface area contributed by atoms with E-state index in [0.29, 0.717) is 0 Å². The topological polar surface area (TPSA) is 52.6 Å². The van der Waals surface area contributed by atoms with Gasteiger partial charge < -0.3 is 0 Å². The Morgan fingerprint density at radius 1 is 0.714 bits per heavy atom. The van der Waals surface area contributed by atoms with Gasteiger partial charge in [-0.1, -0.05) is 55.4 Å². The fourth-order valence-electron chi connectivity index (χ4n) is 2.52. The van der Waals surface area contributed by atoms with E-state index < -0.39 is 13.1 Å². The van der Waals surface area contributed by atoms with E-state index in [4.69, 9.17) is 9.05 Å². The molecule has 0 fully saturated rings. The second-order valence-corrected chi connectivity index (χ2v) is 9.18. The normalized spacial score (nSPS) is 13.5. The van der Waals surface area contributed by atoms with Crippen LogP contribution in [0.5, 0.6) is 0 Å². The summed E-state index contributed by atoms with van der Waals surface area (Å²) >= 11 is 0. The summed E-state index contributed by atoms with van der Waals surface area (Å²) in [5, 5.41) is 0. The maximum absolute atomic E-state index is 13.0. The van der Waals surface area contributed by atoms with Crippen molar-refractivity contribution in [3.8, 4) is 0 Å². The third kappa shape index (κ3) is 6.22. The lowest BCUT2D eigenvalue weighted by molar-refractivity contribution is -0.113. The van der Waals surface area contributed by atoms with Gasteiger partial charge >= 0.3 is 7.60 Å². The summed E-state index contributed by atoms with van der Waals surface area (Å²) < 4.78 is 24.4. The van der Waals surface area contributed by atoms with Crippen LogP contribution in [0.4, 0.5) is 0 Å². The van der Waals surface area contributed by atoms with Crippen LogP contribution in [0.15, 0.2) is 0 Å². The van der Waals surface area contributed by atoms with Gasteiger partial charge in [-0.05, 0) is 23.7 Å². The number of carbonyl (C=O) groups is 1. The van der Waals surface area contributed by atoms with Gasteiger partial charge in [0, 0.05) is 6.92 Å². The van der Waals surface area contributed by atoms with E-state index in [0.717, 1.165) is 0 Å². The second-order valence-electron chi connectivity index (χ2n) is 7.13. The van der Waals surface area contributed by atoms with Gasteiger partial charge in [-0.3, -0.25) is 18.4 Å². The summed E-state index contributed by atoms with van der Waals surface area (Å²) in [5.74, 6) is 0.659. The van der Waals surface area contributed by atoms with Crippen molar-refractivity contribution in [1.82, 2.24) is 0 Å². The summed E-state index contributed by atoms with van der Waals surface area (Å²) in [6, 6.07) is 0.